The average molecular weight is 249 g/mol. The van der Waals surface area contributed by atoms with Gasteiger partial charge in [0.25, 0.3) is 10.1 Å². The molecule has 4 nitrogen and oxygen atoms in total. The predicted octanol–water partition coefficient (Wildman–Crippen LogP) is 1.81. The molecule has 0 saturated carbocycles. The molecule has 0 aliphatic heterocycles. The number of esters is 2. The Hall–Kier alpha value is -0.190. The lowest BCUT2D eigenvalue weighted by Crippen LogP contribution is -2.34. The number of ether oxygens (including phenoxy) is 2. The van der Waals surface area contributed by atoms with E-state index in [2.05, 4.69) is 9.47 Å². The molecule has 0 radical (unpaired) electrons. The highest BCUT2D eigenvalue weighted by molar-refractivity contribution is 6.68. The Balaban J connectivity index is 4.37. The summed E-state index contributed by atoms with van der Waals surface area (Å²) in [4.78, 5) is 21.0. The van der Waals surface area contributed by atoms with E-state index in [-0.39, 0.29) is 0 Å². The number of alkyl halides is 3. The highest BCUT2D eigenvalue weighted by Crippen LogP contribution is 2.33. The maximum Gasteiger partial charge on any atom is 0.305 e. The molecule has 0 N–H and O–H groups in total. The summed E-state index contributed by atoms with van der Waals surface area (Å²) in [5, 5.41) is 0. The van der Waals surface area contributed by atoms with Crippen LogP contribution in [0, 0.1) is 0 Å². The monoisotopic (exact) mass is 248 g/mol. The van der Waals surface area contributed by atoms with Crippen LogP contribution < -0.4 is 0 Å². The average Bonchev–Trinajstić information content (AvgIpc) is 1.81. The quantitative estimate of drug-likeness (QED) is 0.425. The first-order valence-electron chi connectivity index (χ1n) is 3.14. The molecule has 0 aromatic carbocycles. The van der Waals surface area contributed by atoms with Crippen LogP contribution in [0.15, 0.2) is 0 Å². The van der Waals surface area contributed by atoms with Gasteiger partial charge in [-0.3, -0.25) is 9.59 Å². The maximum atomic E-state index is 10.5. The fourth-order valence-electron chi connectivity index (χ4n) is 0.459. The minimum absolute atomic E-state index is 0.711. The van der Waals surface area contributed by atoms with Gasteiger partial charge in [-0.2, -0.15) is 0 Å². The van der Waals surface area contributed by atoms with E-state index in [4.69, 9.17) is 34.8 Å². The molecule has 0 unspecified atom stereocenters. The number of rotatable bonds is 2. The van der Waals surface area contributed by atoms with E-state index in [1.165, 1.54) is 0 Å². The fourth-order valence-corrected chi connectivity index (χ4v) is 0.726. The largest absolute Gasteiger partial charge is 0.421 e. The molecule has 13 heavy (non-hydrogen) atoms. The molecular weight excluding hydrogens is 242 g/mol. The first kappa shape index (κ1) is 12.8. The van der Waals surface area contributed by atoms with Crippen molar-refractivity contribution in [3.05, 3.63) is 0 Å². The highest BCUT2D eigenvalue weighted by atomic mass is 35.6. The highest BCUT2D eigenvalue weighted by Gasteiger charge is 2.38. The standard InChI is InChI=1S/C6H7Cl3O4/c1-3(10)12-5(6(7,8)9)13-4(2)11/h5H,1-2H3. The summed E-state index contributed by atoms with van der Waals surface area (Å²) in [6.07, 6.45) is -1.52. The van der Waals surface area contributed by atoms with Crippen LogP contribution in [0.5, 0.6) is 0 Å². The van der Waals surface area contributed by atoms with Crippen LogP contribution >= 0.6 is 34.8 Å². The zero-order valence-electron chi connectivity index (χ0n) is 6.84. The van der Waals surface area contributed by atoms with Gasteiger partial charge in [-0.15, -0.1) is 0 Å². The van der Waals surface area contributed by atoms with E-state index in [1.807, 2.05) is 0 Å². The molecule has 0 aromatic heterocycles. The lowest BCUT2D eigenvalue weighted by molar-refractivity contribution is -0.183. The van der Waals surface area contributed by atoms with Gasteiger partial charge in [0.1, 0.15) is 0 Å². The molecule has 0 aromatic rings. The number of halogens is 3. The molecule has 0 saturated heterocycles. The molecule has 76 valence electrons. The smallest absolute Gasteiger partial charge is 0.305 e. The zero-order chi connectivity index (χ0) is 10.6. The van der Waals surface area contributed by atoms with Crippen LogP contribution in [-0.4, -0.2) is 22.0 Å². The van der Waals surface area contributed by atoms with E-state index in [9.17, 15) is 9.59 Å². The summed E-state index contributed by atoms with van der Waals surface area (Å²) >= 11 is 16.1. The Kier molecular flexibility index (Phi) is 4.81. The van der Waals surface area contributed by atoms with Crippen LogP contribution in [0.2, 0.25) is 0 Å². The number of hydrogen-bond donors (Lipinski definition) is 0. The van der Waals surface area contributed by atoms with Gasteiger partial charge in [0, 0.05) is 13.8 Å². The van der Waals surface area contributed by atoms with Gasteiger partial charge in [-0.1, -0.05) is 34.8 Å². The van der Waals surface area contributed by atoms with Crippen LogP contribution in [0.4, 0.5) is 0 Å². The second-order valence-electron chi connectivity index (χ2n) is 2.09. The van der Waals surface area contributed by atoms with Gasteiger partial charge in [0.05, 0.1) is 0 Å². The van der Waals surface area contributed by atoms with Crippen molar-refractivity contribution in [2.24, 2.45) is 0 Å². The van der Waals surface area contributed by atoms with E-state index in [0.717, 1.165) is 13.8 Å². The van der Waals surface area contributed by atoms with E-state index >= 15 is 0 Å². The van der Waals surface area contributed by atoms with E-state index in [0.29, 0.717) is 0 Å². The minimum Gasteiger partial charge on any atom is -0.421 e. The van der Waals surface area contributed by atoms with Gasteiger partial charge in [-0.05, 0) is 0 Å². The fraction of sp³-hybridized carbons (Fsp3) is 0.667. The van der Waals surface area contributed by atoms with Gasteiger partial charge >= 0.3 is 11.9 Å². The van der Waals surface area contributed by atoms with E-state index in [1.54, 1.807) is 0 Å². The molecule has 0 atom stereocenters. The Bertz CT molecular complexity index is 194. The van der Waals surface area contributed by atoms with E-state index < -0.39 is 22.0 Å². The minimum atomic E-state index is -1.99. The van der Waals surface area contributed by atoms with Gasteiger partial charge in [0.2, 0.25) is 0 Å². The maximum absolute atomic E-state index is 10.5. The molecule has 0 rings (SSSR count). The topological polar surface area (TPSA) is 52.6 Å². The summed E-state index contributed by atoms with van der Waals surface area (Å²) in [6.45, 7) is 2.21. The summed E-state index contributed by atoms with van der Waals surface area (Å²) in [5.74, 6) is -1.42. The Labute approximate surface area is 90.0 Å². The summed E-state index contributed by atoms with van der Waals surface area (Å²) < 4.78 is 6.91. The lowest BCUT2D eigenvalue weighted by atomic mass is 10.6. The summed E-state index contributed by atoms with van der Waals surface area (Å²) in [5.41, 5.74) is 0. The Morgan fingerprint density at radius 1 is 1.08 bits per heavy atom. The zero-order valence-corrected chi connectivity index (χ0v) is 9.11. The number of carbonyl (C=O) groups is 2. The molecule has 0 bridgehead atoms. The molecule has 0 spiro atoms. The van der Waals surface area contributed by atoms with Crippen molar-refractivity contribution in [1.82, 2.24) is 0 Å². The normalized spacial score (nSPS) is 11.2. The van der Waals surface area contributed by atoms with Crippen molar-refractivity contribution in [2.75, 3.05) is 0 Å². The Morgan fingerprint density at radius 3 is 1.54 bits per heavy atom. The van der Waals surface area contributed by atoms with Crippen LogP contribution in [0.25, 0.3) is 0 Å². The van der Waals surface area contributed by atoms with Crippen molar-refractivity contribution >= 4 is 46.7 Å². The van der Waals surface area contributed by atoms with Crippen molar-refractivity contribution in [1.29, 1.82) is 0 Å². The van der Waals surface area contributed by atoms with Crippen LogP contribution in [-0.2, 0) is 19.1 Å². The molecule has 7 heteroatoms. The van der Waals surface area contributed by atoms with Crippen molar-refractivity contribution < 1.29 is 19.1 Å². The van der Waals surface area contributed by atoms with Crippen molar-refractivity contribution in [3.63, 3.8) is 0 Å². The van der Waals surface area contributed by atoms with Gasteiger partial charge in [0.15, 0.2) is 0 Å². The molecular formula is C6H7Cl3O4. The van der Waals surface area contributed by atoms with Gasteiger partial charge < -0.3 is 9.47 Å². The van der Waals surface area contributed by atoms with Gasteiger partial charge in [-0.25, -0.2) is 0 Å². The number of carbonyl (C=O) groups excluding carboxylic acids is 2. The third kappa shape index (κ3) is 5.96. The van der Waals surface area contributed by atoms with Crippen LogP contribution in [0.1, 0.15) is 13.8 Å². The lowest BCUT2D eigenvalue weighted by Gasteiger charge is -2.22. The Morgan fingerprint density at radius 2 is 1.38 bits per heavy atom. The first-order valence-corrected chi connectivity index (χ1v) is 4.28. The van der Waals surface area contributed by atoms with Crippen molar-refractivity contribution in [2.45, 2.75) is 23.9 Å². The van der Waals surface area contributed by atoms with Crippen molar-refractivity contribution in [3.8, 4) is 0 Å². The number of hydrogen-bond acceptors (Lipinski definition) is 4. The third-order valence-corrected chi connectivity index (χ3v) is 1.35. The predicted molar refractivity (Wildman–Crippen MR) is 47.6 cm³/mol. The summed E-state index contributed by atoms with van der Waals surface area (Å²) in [7, 11) is 0. The third-order valence-electron chi connectivity index (χ3n) is 0.813. The molecule has 0 amide bonds. The molecule has 0 heterocycles. The summed E-state index contributed by atoms with van der Waals surface area (Å²) in [6, 6.07) is 0. The second kappa shape index (κ2) is 4.88. The molecule has 0 aliphatic rings. The second-order valence-corrected chi connectivity index (χ2v) is 4.46. The van der Waals surface area contributed by atoms with Crippen LogP contribution in [0.3, 0.4) is 0 Å². The molecule has 0 aliphatic carbocycles. The molecule has 0 fully saturated rings. The first-order chi connectivity index (χ1) is 5.73. The SMILES string of the molecule is CC(=O)OC(OC(C)=O)C(Cl)(Cl)Cl.